The zero-order chi connectivity index (χ0) is 39.1. The smallest absolute Gasteiger partial charge is 0.164 e. The topological polar surface area (TPSA) is 43.6 Å². The molecular formula is C55H36N4. The summed E-state index contributed by atoms with van der Waals surface area (Å²) >= 11 is 0. The van der Waals surface area contributed by atoms with Crippen molar-refractivity contribution in [3.63, 3.8) is 0 Å². The van der Waals surface area contributed by atoms with Gasteiger partial charge in [0.1, 0.15) is 0 Å². The Kier molecular flexibility index (Phi) is 8.45. The second-order valence-electron chi connectivity index (χ2n) is 14.9. The quantitative estimate of drug-likeness (QED) is 0.163. The van der Waals surface area contributed by atoms with Crippen molar-refractivity contribution in [2.24, 2.45) is 0 Å². The zero-order valence-corrected chi connectivity index (χ0v) is 32.1. The molecule has 4 heteroatoms. The maximum atomic E-state index is 5.04. The van der Waals surface area contributed by atoms with E-state index in [2.05, 4.69) is 187 Å². The largest absolute Gasteiger partial charge is 0.309 e. The van der Waals surface area contributed by atoms with Gasteiger partial charge in [0.05, 0.1) is 16.7 Å². The van der Waals surface area contributed by atoms with Crippen LogP contribution in [-0.4, -0.2) is 19.5 Å². The van der Waals surface area contributed by atoms with E-state index in [9.17, 15) is 0 Å². The third-order valence-electron chi connectivity index (χ3n) is 11.3. The van der Waals surface area contributed by atoms with Gasteiger partial charge < -0.3 is 4.57 Å². The van der Waals surface area contributed by atoms with Crippen LogP contribution >= 0.6 is 0 Å². The van der Waals surface area contributed by atoms with Crippen LogP contribution in [0.25, 0.3) is 106 Å². The fourth-order valence-electron chi connectivity index (χ4n) is 8.28. The Balaban J connectivity index is 1.01. The fraction of sp³-hybridized carbons (Fsp3) is 0. The molecule has 2 heterocycles. The molecule has 2 aromatic heterocycles. The molecule has 0 atom stereocenters. The summed E-state index contributed by atoms with van der Waals surface area (Å²) in [7, 11) is 0. The summed E-state index contributed by atoms with van der Waals surface area (Å²) in [5, 5.41) is 4.88. The van der Waals surface area contributed by atoms with Crippen molar-refractivity contribution in [2.45, 2.75) is 0 Å². The van der Waals surface area contributed by atoms with Crippen LogP contribution in [0.5, 0.6) is 0 Å². The highest BCUT2D eigenvalue weighted by Crippen LogP contribution is 2.39. The predicted octanol–water partition coefficient (Wildman–Crippen LogP) is 14.1. The molecule has 0 saturated heterocycles. The summed E-state index contributed by atoms with van der Waals surface area (Å²) in [5.74, 6) is 1.91. The van der Waals surface area contributed by atoms with Crippen molar-refractivity contribution in [3.8, 4) is 73.2 Å². The number of fused-ring (bicyclic) bond motifs is 4. The molecular weight excluding hydrogens is 717 g/mol. The summed E-state index contributed by atoms with van der Waals surface area (Å²) in [4.78, 5) is 15.0. The Morgan fingerprint density at radius 2 is 0.678 bits per heavy atom. The summed E-state index contributed by atoms with van der Waals surface area (Å²) in [6.07, 6.45) is 0. The lowest BCUT2D eigenvalue weighted by molar-refractivity contribution is 1.07. The van der Waals surface area contributed by atoms with Gasteiger partial charge in [0.2, 0.25) is 0 Å². The SMILES string of the molecule is c1ccc(-c2ccc(-c3nc(-c4ccccc4)nc(-c4ccc(-c5ccc6c7cc(-c8ccccc8)ccc7n(-c7cccc8ccccc78)c6c5)cc4)n3)cc2)cc1. The molecule has 0 aliphatic carbocycles. The van der Waals surface area contributed by atoms with E-state index in [1.807, 2.05) is 36.4 Å². The minimum atomic E-state index is 0.633. The van der Waals surface area contributed by atoms with E-state index in [4.69, 9.17) is 15.0 Å². The van der Waals surface area contributed by atoms with Crippen LogP contribution < -0.4 is 0 Å². The Morgan fingerprint density at radius 3 is 1.31 bits per heavy atom. The van der Waals surface area contributed by atoms with Gasteiger partial charge in [0, 0.05) is 32.8 Å². The molecule has 0 spiro atoms. The maximum Gasteiger partial charge on any atom is 0.164 e. The number of hydrogen-bond donors (Lipinski definition) is 0. The highest BCUT2D eigenvalue weighted by molar-refractivity contribution is 6.12. The van der Waals surface area contributed by atoms with E-state index >= 15 is 0 Å². The number of rotatable bonds is 7. The Bertz CT molecular complexity index is 3280. The minimum Gasteiger partial charge on any atom is -0.309 e. The molecule has 11 aromatic rings. The van der Waals surface area contributed by atoms with Crippen molar-refractivity contribution in [1.82, 2.24) is 19.5 Å². The van der Waals surface area contributed by atoms with Crippen LogP contribution in [-0.2, 0) is 0 Å². The molecule has 0 amide bonds. The van der Waals surface area contributed by atoms with Crippen molar-refractivity contribution in [2.75, 3.05) is 0 Å². The van der Waals surface area contributed by atoms with Gasteiger partial charge in [0.25, 0.3) is 0 Å². The first kappa shape index (κ1) is 34.3. The molecule has 4 nitrogen and oxygen atoms in total. The third kappa shape index (κ3) is 6.34. The van der Waals surface area contributed by atoms with Crippen LogP contribution in [0.2, 0.25) is 0 Å². The molecule has 276 valence electrons. The summed E-state index contributed by atoms with van der Waals surface area (Å²) in [6, 6.07) is 77.1. The summed E-state index contributed by atoms with van der Waals surface area (Å²) in [6.45, 7) is 0. The average molecular weight is 753 g/mol. The van der Waals surface area contributed by atoms with Gasteiger partial charge in [-0.3, -0.25) is 0 Å². The highest BCUT2D eigenvalue weighted by atomic mass is 15.0. The second kappa shape index (κ2) is 14.5. The van der Waals surface area contributed by atoms with E-state index < -0.39 is 0 Å². The first-order chi connectivity index (χ1) is 29.2. The van der Waals surface area contributed by atoms with Crippen LogP contribution in [0.1, 0.15) is 0 Å². The normalized spacial score (nSPS) is 11.4. The van der Waals surface area contributed by atoms with E-state index in [1.165, 1.54) is 43.8 Å². The van der Waals surface area contributed by atoms with Gasteiger partial charge in [-0.1, -0.05) is 194 Å². The fourth-order valence-corrected chi connectivity index (χ4v) is 8.28. The van der Waals surface area contributed by atoms with Gasteiger partial charge >= 0.3 is 0 Å². The molecule has 0 aliphatic heterocycles. The minimum absolute atomic E-state index is 0.633. The molecule has 59 heavy (non-hydrogen) atoms. The molecule has 0 saturated carbocycles. The Hall–Kier alpha value is -7.95. The lowest BCUT2D eigenvalue weighted by Gasteiger charge is -2.13. The molecule has 9 aromatic carbocycles. The van der Waals surface area contributed by atoms with Crippen molar-refractivity contribution in [3.05, 3.63) is 218 Å². The van der Waals surface area contributed by atoms with E-state index in [0.29, 0.717) is 17.5 Å². The van der Waals surface area contributed by atoms with Crippen LogP contribution in [0.4, 0.5) is 0 Å². The monoisotopic (exact) mass is 752 g/mol. The average Bonchev–Trinajstić information content (AvgIpc) is 3.65. The van der Waals surface area contributed by atoms with Crippen LogP contribution in [0.15, 0.2) is 218 Å². The summed E-state index contributed by atoms with van der Waals surface area (Å²) in [5.41, 5.74) is 13.3. The Morgan fingerprint density at radius 1 is 0.254 bits per heavy atom. The van der Waals surface area contributed by atoms with Gasteiger partial charge in [-0.15, -0.1) is 0 Å². The predicted molar refractivity (Wildman–Crippen MR) is 244 cm³/mol. The van der Waals surface area contributed by atoms with Gasteiger partial charge in [-0.05, 0) is 63.0 Å². The van der Waals surface area contributed by atoms with Crippen LogP contribution in [0, 0.1) is 0 Å². The number of nitrogens with zero attached hydrogens (tertiary/aromatic N) is 4. The first-order valence-electron chi connectivity index (χ1n) is 19.9. The second-order valence-corrected chi connectivity index (χ2v) is 14.9. The molecule has 0 bridgehead atoms. The van der Waals surface area contributed by atoms with Gasteiger partial charge in [0.15, 0.2) is 17.5 Å². The van der Waals surface area contributed by atoms with E-state index in [1.54, 1.807) is 0 Å². The number of hydrogen-bond acceptors (Lipinski definition) is 3. The molecule has 11 rings (SSSR count). The number of aromatic nitrogens is 4. The maximum absolute atomic E-state index is 5.04. The molecule has 0 radical (unpaired) electrons. The molecule has 0 aliphatic rings. The standard InChI is InChI=1S/C55H36N4/c1-4-13-37(14-5-1)39-23-27-43(28-24-39)54-56-53(42-18-8-3-9-19-42)57-55(58-54)44-29-25-40(26-30-44)46-31-33-48-49-35-45(38-15-6-2-7-16-38)32-34-51(49)59(52(48)36-46)50-22-12-20-41-17-10-11-21-47(41)50/h1-36H. The lowest BCUT2D eigenvalue weighted by Crippen LogP contribution is -2.00. The summed E-state index contributed by atoms with van der Waals surface area (Å²) < 4.78 is 2.43. The molecule has 0 unspecified atom stereocenters. The van der Waals surface area contributed by atoms with E-state index in [0.717, 1.165) is 44.6 Å². The lowest BCUT2D eigenvalue weighted by atomic mass is 10.0. The van der Waals surface area contributed by atoms with E-state index in [-0.39, 0.29) is 0 Å². The first-order valence-corrected chi connectivity index (χ1v) is 19.9. The molecule has 0 fully saturated rings. The van der Waals surface area contributed by atoms with Crippen molar-refractivity contribution < 1.29 is 0 Å². The third-order valence-corrected chi connectivity index (χ3v) is 11.3. The Labute approximate surface area is 342 Å². The van der Waals surface area contributed by atoms with Gasteiger partial charge in [-0.25, -0.2) is 15.0 Å². The molecule has 0 N–H and O–H groups in total. The van der Waals surface area contributed by atoms with Crippen molar-refractivity contribution >= 4 is 32.6 Å². The number of benzene rings is 9. The van der Waals surface area contributed by atoms with Crippen LogP contribution in [0.3, 0.4) is 0 Å². The zero-order valence-electron chi connectivity index (χ0n) is 32.1. The van der Waals surface area contributed by atoms with Crippen molar-refractivity contribution in [1.29, 1.82) is 0 Å². The highest BCUT2D eigenvalue weighted by Gasteiger charge is 2.17. The van der Waals surface area contributed by atoms with Gasteiger partial charge in [-0.2, -0.15) is 0 Å².